The molecule has 0 saturated heterocycles. The first kappa shape index (κ1) is 25.2. The zero-order valence-corrected chi connectivity index (χ0v) is 21.1. The molecule has 176 valence electrons. The second-order valence-corrected chi connectivity index (χ2v) is 7.35. The molecular formula is C25H25FIN5O2. The standard InChI is InChI=1S/C25H24FN5O2.HI/c1-17-3-6-19(7-4-17)24-31-21(16-32-24)15-30-25(27-2)29-14-18-5-12-23(28-13-18)33-22-10-8-20(26)9-11-22;/h3-13,16H,14-15H2,1-2H3,(H2,27,29,30);1H. The van der Waals surface area contributed by atoms with Gasteiger partial charge < -0.3 is 19.8 Å². The van der Waals surface area contributed by atoms with Gasteiger partial charge in [-0.05, 0) is 48.9 Å². The van der Waals surface area contributed by atoms with E-state index in [1.807, 2.05) is 37.3 Å². The highest BCUT2D eigenvalue weighted by atomic mass is 127. The van der Waals surface area contributed by atoms with E-state index in [2.05, 4.69) is 25.6 Å². The zero-order valence-electron chi connectivity index (χ0n) is 18.8. The number of hydrogen-bond donors (Lipinski definition) is 2. The first-order valence-corrected chi connectivity index (χ1v) is 10.4. The van der Waals surface area contributed by atoms with Gasteiger partial charge >= 0.3 is 0 Å². The normalized spacial score (nSPS) is 11.0. The van der Waals surface area contributed by atoms with E-state index < -0.39 is 0 Å². The van der Waals surface area contributed by atoms with Crippen LogP contribution >= 0.6 is 24.0 Å². The number of benzene rings is 2. The van der Waals surface area contributed by atoms with Crippen LogP contribution in [-0.4, -0.2) is 23.0 Å². The first-order valence-electron chi connectivity index (χ1n) is 10.4. The molecule has 2 heterocycles. The number of rotatable bonds is 7. The van der Waals surface area contributed by atoms with Crippen LogP contribution in [0.4, 0.5) is 4.39 Å². The van der Waals surface area contributed by atoms with Gasteiger partial charge in [-0.1, -0.05) is 23.8 Å². The van der Waals surface area contributed by atoms with Crippen molar-refractivity contribution in [2.45, 2.75) is 20.0 Å². The molecule has 2 N–H and O–H groups in total. The highest BCUT2D eigenvalue weighted by Gasteiger charge is 2.08. The summed E-state index contributed by atoms with van der Waals surface area (Å²) in [5.74, 6) is 1.86. The Hall–Kier alpha value is -3.47. The topological polar surface area (TPSA) is 84.6 Å². The number of aromatic nitrogens is 2. The maximum absolute atomic E-state index is 13.0. The third-order valence-corrected chi connectivity index (χ3v) is 4.80. The predicted octanol–water partition coefficient (Wildman–Crippen LogP) is 5.46. The van der Waals surface area contributed by atoms with E-state index in [0.29, 0.717) is 36.6 Å². The molecule has 2 aromatic carbocycles. The fraction of sp³-hybridized carbons (Fsp3) is 0.160. The Kier molecular flexibility index (Phi) is 8.97. The summed E-state index contributed by atoms with van der Waals surface area (Å²) in [5.41, 5.74) is 3.85. The smallest absolute Gasteiger partial charge is 0.226 e. The Balaban J connectivity index is 0.00000324. The van der Waals surface area contributed by atoms with Crippen molar-refractivity contribution in [2.75, 3.05) is 7.05 Å². The van der Waals surface area contributed by atoms with Gasteiger partial charge in [-0.25, -0.2) is 14.4 Å². The van der Waals surface area contributed by atoms with E-state index in [4.69, 9.17) is 9.15 Å². The number of hydrogen-bond acceptors (Lipinski definition) is 5. The zero-order chi connectivity index (χ0) is 23.0. The van der Waals surface area contributed by atoms with Gasteiger partial charge in [0.2, 0.25) is 11.8 Å². The quantitative estimate of drug-likeness (QED) is 0.174. The molecule has 2 aromatic heterocycles. The second kappa shape index (κ2) is 12.1. The monoisotopic (exact) mass is 573 g/mol. The van der Waals surface area contributed by atoms with E-state index in [1.165, 1.54) is 17.7 Å². The third-order valence-electron chi connectivity index (χ3n) is 4.80. The lowest BCUT2D eigenvalue weighted by Crippen LogP contribution is -2.36. The molecule has 0 spiro atoms. The largest absolute Gasteiger partial charge is 0.444 e. The average molecular weight is 573 g/mol. The summed E-state index contributed by atoms with van der Waals surface area (Å²) in [5, 5.41) is 6.45. The Morgan fingerprint density at radius 1 is 1.00 bits per heavy atom. The Morgan fingerprint density at radius 2 is 1.74 bits per heavy atom. The molecule has 34 heavy (non-hydrogen) atoms. The number of aryl methyl sites for hydroxylation is 1. The lowest BCUT2D eigenvalue weighted by molar-refractivity contribution is 0.461. The van der Waals surface area contributed by atoms with Crippen molar-refractivity contribution in [1.82, 2.24) is 20.6 Å². The van der Waals surface area contributed by atoms with Crippen molar-refractivity contribution in [3.63, 3.8) is 0 Å². The predicted molar refractivity (Wildman–Crippen MR) is 140 cm³/mol. The van der Waals surface area contributed by atoms with Crippen LogP contribution in [0.3, 0.4) is 0 Å². The molecular weight excluding hydrogens is 548 g/mol. The van der Waals surface area contributed by atoms with E-state index in [-0.39, 0.29) is 29.8 Å². The second-order valence-electron chi connectivity index (χ2n) is 7.35. The summed E-state index contributed by atoms with van der Waals surface area (Å²) >= 11 is 0. The molecule has 4 rings (SSSR count). The van der Waals surface area contributed by atoms with Crippen molar-refractivity contribution < 1.29 is 13.5 Å². The van der Waals surface area contributed by atoms with Crippen LogP contribution in [0.1, 0.15) is 16.8 Å². The molecule has 0 radical (unpaired) electrons. The van der Waals surface area contributed by atoms with E-state index >= 15 is 0 Å². The lowest BCUT2D eigenvalue weighted by Gasteiger charge is -2.11. The van der Waals surface area contributed by atoms with Gasteiger partial charge in [0.25, 0.3) is 0 Å². The summed E-state index contributed by atoms with van der Waals surface area (Å²) in [6.07, 6.45) is 3.35. The van der Waals surface area contributed by atoms with Gasteiger partial charge in [0, 0.05) is 31.4 Å². The average Bonchev–Trinajstić information content (AvgIpc) is 3.31. The molecule has 0 fully saturated rings. The number of nitrogens with zero attached hydrogens (tertiary/aromatic N) is 3. The highest BCUT2D eigenvalue weighted by molar-refractivity contribution is 14.0. The molecule has 0 aliphatic rings. The number of halogens is 2. The summed E-state index contributed by atoms with van der Waals surface area (Å²) in [6, 6.07) is 17.5. The molecule has 0 bridgehead atoms. The Labute approximate surface area is 214 Å². The molecule has 0 atom stereocenters. The number of oxazole rings is 1. The van der Waals surface area contributed by atoms with Crippen LogP contribution in [0.2, 0.25) is 0 Å². The van der Waals surface area contributed by atoms with Crippen molar-refractivity contribution in [1.29, 1.82) is 0 Å². The number of aliphatic imine (C=N–C) groups is 1. The molecule has 4 aromatic rings. The number of ether oxygens (including phenoxy) is 1. The fourth-order valence-electron chi connectivity index (χ4n) is 3.00. The van der Waals surface area contributed by atoms with E-state index in [0.717, 1.165) is 16.8 Å². The van der Waals surface area contributed by atoms with E-state index in [1.54, 1.807) is 37.7 Å². The van der Waals surface area contributed by atoms with Crippen molar-refractivity contribution in [2.24, 2.45) is 4.99 Å². The van der Waals surface area contributed by atoms with Crippen molar-refractivity contribution >= 4 is 29.9 Å². The van der Waals surface area contributed by atoms with Gasteiger partial charge in [-0.3, -0.25) is 4.99 Å². The van der Waals surface area contributed by atoms with Crippen LogP contribution < -0.4 is 15.4 Å². The van der Waals surface area contributed by atoms with Crippen LogP contribution in [0.25, 0.3) is 11.5 Å². The van der Waals surface area contributed by atoms with Gasteiger partial charge in [0.1, 0.15) is 17.8 Å². The van der Waals surface area contributed by atoms with Crippen LogP contribution in [0.5, 0.6) is 11.6 Å². The first-order chi connectivity index (χ1) is 16.1. The third kappa shape index (κ3) is 7.01. The fourth-order valence-corrected chi connectivity index (χ4v) is 3.00. The van der Waals surface area contributed by atoms with Crippen LogP contribution in [0, 0.1) is 12.7 Å². The van der Waals surface area contributed by atoms with Crippen LogP contribution in [-0.2, 0) is 13.1 Å². The number of guanidine groups is 1. The van der Waals surface area contributed by atoms with Crippen molar-refractivity contribution in [3.8, 4) is 23.1 Å². The molecule has 0 aliphatic heterocycles. The Bertz CT molecular complexity index is 1210. The number of pyridine rings is 1. The lowest BCUT2D eigenvalue weighted by atomic mass is 10.1. The molecule has 0 unspecified atom stereocenters. The Morgan fingerprint density at radius 3 is 2.41 bits per heavy atom. The maximum atomic E-state index is 13.0. The summed E-state index contributed by atoms with van der Waals surface area (Å²) in [4.78, 5) is 13.1. The summed E-state index contributed by atoms with van der Waals surface area (Å²) in [6.45, 7) is 3.04. The SMILES string of the molecule is CN=C(NCc1ccc(Oc2ccc(F)cc2)nc1)NCc1coc(-c2ccc(C)cc2)n1.I. The van der Waals surface area contributed by atoms with Crippen molar-refractivity contribution in [3.05, 3.63) is 95.8 Å². The molecule has 9 heteroatoms. The van der Waals surface area contributed by atoms with E-state index in [9.17, 15) is 4.39 Å². The maximum Gasteiger partial charge on any atom is 0.226 e. The minimum atomic E-state index is -0.311. The minimum Gasteiger partial charge on any atom is -0.444 e. The number of nitrogens with one attached hydrogen (secondary N) is 2. The molecule has 0 aliphatic carbocycles. The van der Waals surface area contributed by atoms with Gasteiger partial charge in [-0.2, -0.15) is 0 Å². The van der Waals surface area contributed by atoms with Crippen LogP contribution in [0.15, 0.2) is 82.5 Å². The highest BCUT2D eigenvalue weighted by Crippen LogP contribution is 2.20. The molecule has 0 saturated carbocycles. The summed E-state index contributed by atoms with van der Waals surface area (Å²) < 4.78 is 24.2. The molecule has 0 amide bonds. The minimum absolute atomic E-state index is 0. The molecule has 7 nitrogen and oxygen atoms in total. The van der Waals surface area contributed by atoms with Gasteiger partial charge in [-0.15, -0.1) is 24.0 Å². The van der Waals surface area contributed by atoms with Gasteiger partial charge in [0.15, 0.2) is 5.96 Å². The van der Waals surface area contributed by atoms with Gasteiger partial charge in [0.05, 0.1) is 12.2 Å². The summed E-state index contributed by atoms with van der Waals surface area (Å²) in [7, 11) is 1.70.